The zero-order valence-electron chi connectivity index (χ0n) is 75.7. The highest BCUT2D eigenvalue weighted by Crippen LogP contribution is 2.56. The highest BCUT2D eigenvalue weighted by Gasteiger charge is 2.44. The lowest BCUT2D eigenvalue weighted by Gasteiger charge is -2.44. The molecule has 0 radical (unpaired) electrons. The molecule has 0 N–H and O–H groups in total. The SMILES string of the molecule is [2H]c1c([2H])c([2H])c(-c2cc3c4ccccc4n(-c4cc(C(C)(C)C)ccn4)c3cc2Oc2cccc(-n3[c-][n+]4c5c(cccc53)-c3ccccc3-c3ccccc3-c3c(-c5c([2H])c([2H])c6c(c5[2H])C(C)(C)c5c([2H])c([2H])c([2H])c([2H])c5C6(C)C)ccc(-c5c([2H])c([2H])c6c(c5[2H])C(C)(C)c5c([2H])c([2H])c([2H])c([2H])c5C6(C)C)c3-4)c2)c([2H])c1[2H]. The minimum absolute atomic E-state index is 0.00915. The van der Waals surface area contributed by atoms with Crippen molar-refractivity contribution in [1.29, 1.82) is 0 Å². The second-order valence-corrected chi connectivity index (χ2v) is 29.4. The first-order valence-electron chi connectivity index (χ1n) is 43.0. The van der Waals surface area contributed by atoms with Gasteiger partial charge in [-0.3, -0.25) is 13.7 Å². The Balaban J connectivity index is 0.957. The van der Waals surface area contributed by atoms with Crippen molar-refractivity contribution < 1.29 is 35.3 Å². The summed E-state index contributed by atoms with van der Waals surface area (Å²) in [6.45, 7) is 20.5. The summed E-state index contributed by atoms with van der Waals surface area (Å²) in [5, 5.41) is 1.49. The molecule has 3 aliphatic rings. The second-order valence-electron chi connectivity index (χ2n) is 29.4. The summed E-state index contributed by atoms with van der Waals surface area (Å²) in [6.07, 6.45) is 5.60. The van der Waals surface area contributed by atoms with Gasteiger partial charge in [-0.2, -0.15) is 0 Å². The van der Waals surface area contributed by atoms with Crippen molar-refractivity contribution in [3.8, 4) is 95.5 Å². The standard InChI is InChI=1S/C94H78N4O/c1-90(2,3)61-49-50-95-86(53-61)98-82-41-24-19-34-69(82)73-55-72(58-27-13-12-14-28-58)85(56-84(73)98)99-63-30-25-29-62(54-63)96-57-97-88-71(36-26-42-83(88)96)68-33-16-15-31-66(68)67-32-17-18-35-70(67)87-64(59-43-47-78-80(51-59)93(8,9)76-39-22-20-37-74(76)91(78,4)5)45-46-65(89(87)97)60-44-48-79-81(52-60)94(10,11)77-40-23-21-38-75(77)92(79,6)7/h12-56H,1-11H3/i12D,13D,14D,20D,21D,22D,23D,27D,28D,37D,38D,39D,40D,43D,44D,47D,48D,51D,52D. The summed E-state index contributed by atoms with van der Waals surface area (Å²) in [4.78, 5) is 4.94. The summed E-state index contributed by atoms with van der Waals surface area (Å²) in [5.74, 6) is 0.982. The van der Waals surface area contributed by atoms with E-state index in [0.717, 1.165) is 27.6 Å². The van der Waals surface area contributed by atoms with Crippen LogP contribution in [-0.2, 0) is 27.1 Å². The normalized spacial score (nSPS) is 17.6. The number of hydrogen-bond acceptors (Lipinski definition) is 2. The Morgan fingerprint density at radius 2 is 0.949 bits per heavy atom. The van der Waals surface area contributed by atoms with Crippen LogP contribution in [0.3, 0.4) is 0 Å². The summed E-state index contributed by atoms with van der Waals surface area (Å²) in [6, 6.07) is 40.3. The molecule has 0 saturated heterocycles. The van der Waals surface area contributed by atoms with E-state index in [2.05, 4.69) is 27.1 Å². The maximum Gasteiger partial charge on any atom is 0.269 e. The van der Waals surface area contributed by atoms with Gasteiger partial charge < -0.3 is 4.74 Å². The van der Waals surface area contributed by atoms with E-state index in [9.17, 15) is 16.4 Å². The number of pyridine rings is 1. The molecular weight excluding hydrogens is 1200 g/mol. The van der Waals surface area contributed by atoms with Gasteiger partial charge in [-0.1, -0.05) is 288 Å². The van der Waals surface area contributed by atoms with Crippen molar-refractivity contribution in [3.05, 3.63) is 329 Å². The summed E-state index contributed by atoms with van der Waals surface area (Å²) in [5.41, 5.74) is 4.67. The fourth-order valence-corrected chi connectivity index (χ4v) is 15.8. The van der Waals surface area contributed by atoms with Gasteiger partial charge in [0, 0.05) is 55.8 Å². The van der Waals surface area contributed by atoms with Crippen LogP contribution in [0, 0.1) is 6.33 Å². The van der Waals surface area contributed by atoms with E-state index >= 15 is 0 Å². The van der Waals surface area contributed by atoms with Crippen molar-refractivity contribution >= 4 is 32.8 Å². The van der Waals surface area contributed by atoms with Crippen LogP contribution in [0.5, 0.6) is 11.5 Å². The van der Waals surface area contributed by atoms with E-state index in [1.807, 2.05) is 135 Å². The quantitative estimate of drug-likeness (QED) is 0.118. The van der Waals surface area contributed by atoms with Crippen molar-refractivity contribution in [1.82, 2.24) is 14.1 Å². The number of imidazole rings is 1. The number of nitrogens with zero attached hydrogens (tertiary/aromatic N) is 4. The molecule has 0 atom stereocenters. The summed E-state index contributed by atoms with van der Waals surface area (Å²) >= 11 is 0. The third-order valence-electron chi connectivity index (χ3n) is 21.0. The van der Waals surface area contributed by atoms with Gasteiger partial charge in [0.05, 0.1) is 59.5 Å². The monoisotopic (exact) mass is 1300 g/mol. The zero-order chi connectivity index (χ0) is 84.2. The third kappa shape index (κ3) is 9.05. The fourth-order valence-electron chi connectivity index (χ4n) is 15.8. The first-order chi connectivity index (χ1) is 55.7. The largest absolute Gasteiger partial charge is 0.457 e. The second kappa shape index (κ2) is 21.7. The Morgan fingerprint density at radius 1 is 0.424 bits per heavy atom. The highest BCUT2D eigenvalue weighted by atomic mass is 16.5. The maximum atomic E-state index is 11.0. The Kier molecular flexibility index (Phi) is 9.46. The van der Waals surface area contributed by atoms with Crippen LogP contribution >= 0.6 is 0 Å². The lowest BCUT2D eigenvalue weighted by Crippen LogP contribution is -2.36. The van der Waals surface area contributed by atoms with Gasteiger partial charge in [0.15, 0.2) is 0 Å². The minimum Gasteiger partial charge on any atom is -0.457 e. The first kappa shape index (κ1) is 43.2. The molecule has 4 heterocycles. The molecule has 480 valence electrons. The molecular formula is C94H78N4O. The van der Waals surface area contributed by atoms with E-state index in [1.54, 1.807) is 91.9 Å². The number of fused-ring (bicyclic) bond motifs is 14. The van der Waals surface area contributed by atoms with E-state index < -0.39 is 76.0 Å². The average molecular weight is 1300 g/mol. The van der Waals surface area contributed by atoms with Gasteiger partial charge in [0.2, 0.25) is 0 Å². The number of rotatable bonds is 7. The molecule has 0 fully saturated rings. The lowest BCUT2D eigenvalue weighted by atomic mass is 9.59. The number of para-hydroxylation sites is 2. The van der Waals surface area contributed by atoms with Gasteiger partial charge in [0.25, 0.3) is 6.33 Å². The van der Waals surface area contributed by atoms with Crippen molar-refractivity contribution in [3.63, 3.8) is 0 Å². The van der Waals surface area contributed by atoms with Crippen molar-refractivity contribution in [2.24, 2.45) is 0 Å². The van der Waals surface area contributed by atoms with Gasteiger partial charge in [-0.05, 0) is 160 Å². The van der Waals surface area contributed by atoms with Gasteiger partial charge in [-0.15, -0.1) is 0 Å². The van der Waals surface area contributed by atoms with Gasteiger partial charge >= 0.3 is 0 Å². The van der Waals surface area contributed by atoms with E-state index in [0.29, 0.717) is 55.7 Å². The van der Waals surface area contributed by atoms with Crippen LogP contribution < -0.4 is 9.30 Å². The molecule has 0 bridgehead atoms. The fraction of sp³-hybridized carbons (Fsp3) is 0.170. The molecule has 0 saturated carbocycles. The number of ether oxygens (including phenoxy) is 1. The van der Waals surface area contributed by atoms with Crippen molar-refractivity contribution in [2.75, 3.05) is 0 Å². The Bertz CT molecular complexity index is 7050. The zero-order valence-corrected chi connectivity index (χ0v) is 56.7. The van der Waals surface area contributed by atoms with Crippen LogP contribution in [0.1, 0.15) is 152 Å². The third-order valence-corrected chi connectivity index (χ3v) is 21.0. The molecule has 12 aromatic carbocycles. The molecule has 2 aliphatic carbocycles. The molecule has 0 unspecified atom stereocenters. The minimum atomic E-state index is -1.42. The van der Waals surface area contributed by atoms with Crippen LogP contribution in [-0.4, -0.2) is 14.1 Å². The Hall–Kier alpha value is -11.1. The highest BCUT2D eigenvalue weighted by molar-refractivity contribution is 6.11. The van der Waals surface area contributed by atoms with E-state index in [4.69, 9.17) is 19.3 Å². The molecule has 5 heteroatoms. The summed E-state index contributed by atoms with van der Waals surface area (Å²) < 4.78 is 197. The Labute approximate surface area is 607 Å². The molecule has 99 heavy (non-hydrogen) atoms. The predicted molar refractivity (Wildman–Crippen MR) is 409 cm³/mol. The van der Waals surface area contributed by atoms with Crippen molar-refractivity contribution in [2.45, 2.75) is 103 Å². The molecule has 15 aromatic rings. The Morgan fingerprint density at radius 3 is 1.60 bits per heavy atom. The van der Waals surface area contributed by atoms with Gasteiger partial charge in [0.1, 0.15) is 17.3 Å². The maximum absolute atomic E-state index is 11.0. The van der Waals surface area contributed by atoms with E-state index in [1.165, 1.54) is 0 Å². The first-order valence-corrected chi connectivity index (χ1v) is 33.5. The number of hydrogen-bond donors (Lipinski definition) is 0. The smallest absolute Gasteiger partial charge is 0.269 e. The number of aromatic nitrogens is 4. The van der Waals surface area contributed by atoms with E-state index in [-0.39, 0.29) is 161 Å². The number of benzene rings is 12. The van der Waals surface area contributed by atoms with Crippen LogP contribution in [0.25, 0.3) is 117 Å². The molecule has 18 rings (SSSR count). The molecule has 0 spiro atoms. The van der Waals surface area contributed by atoms with Gasteiger partial charge in [-0.25, -0.2) is 4.98 Å². The molecule has 0 amide bonds. The average Bonchev–Trinajstić information content (AvgIpc) is 0.858. The molecule has 5 nitrogen and oxygen atoms in total. The predicted octanol–water partition coefficient (Wildman–Crippen LogP) is 23.5. The van der Waals surface area contributed by atoms with Crippen LogP contribution in [0.15, 0.2) is 273 Å². The molecule has 3 aromatic heterocycles. The molecule has 1 aliphatic heterocycles. The van der Waals surface area contributed by atoms with Crippen LogP contribution in [0.2, 0.25) is 0 Å². The summed E-state index contributed by atoms with van der Waals surface area (Å²) in [7, 11) is 0. The van der Waals surface area contributed by atoms with Crippen LogP contribution in [0.4, 0.5) is 0 Å². The lowest BCUT2D eigenvalue weighted by molar-refractivity contribution is -0.570. The topological polar surface area (TPSA) is 35.9 Å².